The van der Waals surface area contributed by atoms with Crippen LogP contribution in [0.4, 0.5) is 0 Å². The fourth-order valence-electron chi connectivity index (χ4n) is 1.85. The van der Waals surface area contributed by atoms with Crippen molar-refractivity contribution in [1.29, 1.82) is 0 Å². The van der Waals surface area contributed by atoms with Gasteiger partial charge in [-0.25, -0.2) is 4.84 Å². The number of hydrogen-bond donors (Lipinski definition) is 0. The number of benzene rings is 2. The van der Waals surface area contributed by atoms with Gasteiger partial charge in [0.1, 0.15) is 0 Å². The number of nitrogens with zero attached hydrogens (tertiary/aromatic N) is 1. The van der Waals surface area contributed by atoms with Crippen LogP contribution in [-0.4, -0.2) is 0 Å². The van der Waals surface area contributed by atoms with Gasteiger partial charge in [0.15, 0.2) is 0 Å². The Balaban J connectivity index is 2.05. The fraction of sp³-hybridized carbons (Fsp3) is 0. The monoisotopic (exact) mass is 256 g/mol. The lowest BCUT2D eigenvalue weighted by Gasteiger charge is -2.00. The molecule has 0 N–H and O–H groups in total. The predicted octanol–water partition coefficient (Wildman–Crippen LogP) is 3.62. The number of pyridine rings is 1. The molecule has 0 amide bonds. The first-order chi connectivity index (χ1) is 8.83. The molecule has 3 rings (SSSR count). The first kappa shape index (κ1) is 11.1. The average Bonchev–Trinajstić information content (AvgIpc) is 2.39. The van der Waals surface area contributed by atoms with Crippen LogP contribution in [0.1, 0.15) is 0 Å². The van der Waals surface area contributed by atoms with Gasteiger partial charge in [-0.05, 0) is 24.3 Å². The van der Waals surface area contributed by atoms with Crippen molar-refractivity contribution in [3.8, 4) is 5.75 Å². The van der Waals surface area contributed by atoms with E-state index in [9.17, 15) is 0 Å². The van der Waals surface area contributed by atoms with Crippen LogP contribution in [0, 0.1) is 0 Å². The average molecular weight is 257 g/mol. The summed E-state index contributed by atoms with van der Waals surface area (Å²) in [5.41, 5.74) is 1.01. The van der Waals surface area contributed by atoms with E-state index in [1.54, 1.807) is 10.8 Å². The van der Waals surface area contributed by atoms with Crippen LogP contribution in [-0.2, 0) is 0 Å². The molecular weight excluding hydrogens is 246 g/mol. The summed E-state index contributed by atoms with van der Waals surface area (Å²) in [6.07, 6.45) is 1.88. The van der Waals surface area contributed by atoms with Crippen LogP contribution in [0.2, 0.25) is 5.02 Å². The summed E-state index contributed by atoms with van der Waals surface area (Å²) in [4.78, 5) is 5.80. The van der Waals surface area contributed by atoms with Crippen LogP contribution in [0.15, 0.2) is 66.9 Å². The second-order valence-corrected chi connectivity index (χ2v) is 4.38. The molecule has 1 heterocycles. The van der Waals surface area contributed by atoms with Gasteiger partial charge in [-0.1, -0.05) is 29.8 Å². The molecule has 0 saturated heterocycles. The minimum absolute atomic E-state index is 0.660. The van der Waals surface area contributed by atoms with Gasteiger partial charge in [0.05, 0.1) is 5.39 Å². The molecular formula is C15H11ClNO+. The first-order valence-corrected chi connectivity index (χ1v) is 6.04. The third-order valence-corrected chi connectivity index (χ3v) is 2.91. The summed E-state index contributed by atoms with van der Waals surface area (Å²) < 4.78 is 1.74. The maximum absolute atomic E-state index is 5.94. The Bertz CT molecular complexity index is 691. The highest BCUT2D eigenvalue weighted by Gasteiger charge is 2.10. The molecule has 0 spiro atoms. The van der Waals surface area contributed by atoms with Crippen molar-refractivity contribution in [3.63, 3.8) is 0 Å². The van der Waals surface area contributed by atoms with E-state index in [-0.39, 0.29) is 0 Å². The number of hydrogen-bond acceptors (Lipinski definition) is 1. The Morgan fingerprint density at radius 2 is 1.72 bits per heavy atom. The molecule has 3 heteroatoms. The molecule has 2 nitrogen and oxygen atoms in total. The number of fused-ring (bicyclic) bond motifs is 1. The van der Waals surface area contributed by atoms with Crippen molar-refractivity contribution in [2.45, 2.75) is 0 Å². The van der Waals surface area contributed by atoms with Crippen molar-refractivity contribution >= 4 is 22.5 Å². The maximum atomic E-state index is 5.94. The van der Waals surface area contributed by atoms with Crippen molar-refractivity contribution in [1.82, 2.24) is 0 Å². The van der Waals surface area contributed by atoms with E-state index in [2.05, 4.69) is 0 Å². The van der Waals surface area contributed by atoms with Gasteiger partial charge in [-0.3, -0.25) is 0 Å². The third-order valence-electron chi connectivity index (χ3n) is 2.67. The molecule has 0 atom stereocenters. The lowest BCUT2D eigenvalue weighted by atomic mass is 10.2. The van der Waals surface area contributed by atoms with E-state index < -0.39 is 0 Å². The van der Waals surface area contributed by atoms with E-state index in [0.717, 1.165) is 10.9 Å². The molecule has 18 heavy (non-hydrogen) atoms. The smallest absolute Gasteiger partial charge is 0.231 e. The highest BCUT2D eigenvalue weighted by atomic mass is 35.5. The van der Waals surface area contributed by atoms with E-state index in [0.29, 0.717) is 10.8 Å². The first-order valence-electron chi connectivity index (χ1n) is 5.66. The zero-order valence-electron chi connectivity index (χ0n) is 9.58. The van der Waals surface area contributed by atoms with E-state index in [4.69, 9.17) is 16.4 Å². The highest BCUT2D eigenvalue weighted by molar-refractivity contribution is 6.30. The van der Waals surface area contributed by atoms with Gasteiger partial charge >= 0.3 is 0 Å². The van der Waals surface area contributed by atoms with Crippen LogP contribution in [0.3, 0.4) is 0 Å². The van der Waals surface area contributed by atoms with Crippen LogP contribution >= 0.6 is 11.6 Å². The third kappa shape index (κ3) is 2.15. The van der Waals surface area contributed by atoms with Crippen molar-refractivity contribution in [3.05, 3.63) is 71.9 Å². The zero-order valence-corrected chi connectivity index (χ0v) is 10.3. The number of aromatic nitrogens is 1. The van der Waals surface area contributed by atoms with Gasteiger partial charge in [-0.2, -0.15) is 0 Å². The molecule has 0 aliphatic carbocycles. The summed E-state index contributed by atoms with van der Waals surface area (Å²) in [5.74, 6) is 0.712. The van der Waals surface area contributed by atoms with Gasteiger partial charge < -0.3 is 0 Å². The van der Waals surface area contributed by atoms with Gasteiger partial charge in [-0.15, -0.1) is 0 Å². The van der Waals surface area contributed by atoms with Crippen LogP contribution in [0.5, 0.6) is 5.75 Å². The van der Waals surface area contributed by atoms with Crippen molar-refractivity contribution in [2.75, 3.05) is 0 Å². The lowest BCUT2D eigenvalue weighted by molar-refractivity contribution is -0.854. The summed E-state index contributed by atoms with van der Waals surface area (Å²) in [7, 11) is 0. The predicted molar refractivity (Wildman–Crippen MR) is 71.6 cm³/mol. The standard InChI is InChI=1S/C15H11ClNO/c16-13-7-3-8-14(11-13)18-17-10-4-6-12-5-1-2-9-15(12)17/h1-11H/q+1. The van der Waals surface area contributed by atoms with Crippen LogP contribution in [0.25, 0.3) is 10.9 Å². The van der Waals surface area contributed by atoms with E-state index >= 15 is 0 Å². The Labute approximate surface area is 110 Å². The zero-order chi connectivity index (χ0) is 12.4. The van der Waals surface area contributed by atoms with Gasteiger partial charge in [0.25, 0.3) is 5.52 Å². The summed E-state index contributed by atoms with van der Waals surface area (Å²) in [5, 5.41) is 1.79. The summed E-state index contributed by atoms with van der Waals surface area (Å²) in [6.45, 7) is 0. The van der Waals surface area contributed by atoms with Crippen molar-refractivity contribution in [2.24, 2.45) is 0 Å². The fourth-order valence-corrected chi connectivity index (χ4v) is 2.03. The molecule has 0 unspecified atom stereocenters. The SMILES string of the molecule is Clc1cccc(O[n+]2cccc3ccccc32)c1. The molecule has 0 aliphatic heterocycles. The molecule has 0 bridgehead atoms. The number of rotatable bonds is 2. The van der Waals surface area contributed by atoms with Gasteiger partial charge in [0, 0.05) is 28.0 Å². The molecule has 3 aromatic rings. The summed E-state index contributed by atoms with van der Waals surface area (Å²) >= 11 is 5.94. The molecule has 0 fully saturated rings. The normalized spacial score (nSPS) is 10.5. The Hall–Kier alpha value is -2.06. The second kappa shape index (κ2) is 4.67. The van der Waals surface area contributed by atoms with Crippen molar-refractivity contribution < 1.29 is 9.57 Å². The highest BCUT2D eigenvalue weighted by Crippen LogP contribution is 2.17. The molecule has 1 aromatic heterocycles. The van der Waals surface area contributed by atoms with E-state index in [1.807, 2.05) is 60.8 Å². The van der Waals surface area contributed by atoms with E-state index in [1.165, 1.54) is 0 Å². The Morgan fingerprint density at radius 1 is 0.889 bits per heavy atom. The second-order valence-electron chi connectivity index (χ2n) is 3.94. The lowest BCUT2D eigenvalue weighted by Crippen LogP contribution is -2.39. The van der Waals surface area contributed by atoms with Gasteiger partial charge in [0.2, 0.25) is 11.9 Å². The molecule has 2 aromatic carbocycles. The number of halogens is 1. The van der Waals surface area contributed by atoms with Crippen LogP contribution < -0.4 is 9.57 Å². The maximum Gasteiger partial charge on any atom is 0.265 e. The molecule has 0 radical (unpaired) electrons. The topological polar surface area (TPSA) is 13.1 Å². The molecule has 0 aliphatic rings. The molecule has 88 valence electrons. The Morgan fingerprint density at radius 3 is 2.61 bits per heavy atom. The number of para-hydroxylation sites is 1. The largest absolute Gasteiger partial charge is 0.265 e. The minimum atomic E-state index is 0.660. The molecule has 0 saturated carbocycles. The quantitative estimate of drug-likeness (QED) is 0.638. The summed E-state index contributed by atoms with van der Waals surface area (Å²) in [6, 6.07) is 19.4. The Kier molecular flexibility index (Phi) is 2.87. The minimum Gasteiger partial charge on any atom is -0.231 e.